The summed E-state index contributed by atoms with van der Waals surface area (Å²) in [6, 6.07) is 3.48. The summed E-state index contributed by atoms with van der Waals surface area (Å²) in [5.74, 6) is 0.319. The van der Waals surface area contributed by atoms with Crippen LogP contribution in [0.4, 0.5) is 10.9 Å². The highest BCUT2D eigenvalue weighted by atomic mass is 32.1. The molecule has 0 spiro atoms. The van der Waals surface area contributed by atoms with Gasteiger partial charge >= 0.3 is 5.97 Å². The van der Waals surface area contributed by atoms with Gasteiger partial charge in [0.15, 0.2) is 16.6 Å². The van der Waals surface area contributed by atoms with Crippen molar-refractivity contribution in [2.75, 3.05) is 43.1 Å². The summed E-state index contributed by atoms with van der Waals surface area (Å²) in [5.41, 5.74) is 1.29. The first-order valence-electron chi connectivity index (χ1n) is 7.51. The number of carbonyl (C=O) groups is 1. The number of hydrogen-bond acceptors (Lipinski definition) is 8. The van der Waals surface area contributed by atoms with E-state index in [4.69, 9.17) is 0 Å². The molecule has 0 aromatic carbocycles. The first-order chi connectivity index (χ1) is 11.2. The Morgan fingerprint density at radius 2 is 1.96 bits per heavy atom. The Morgan fingerprint density at radius 1 is 1.17 bits per heavy atom. The molecule has 1 aliphatic rings. The van der Waals surface area contributed by atoms with Crippen LogP contribution in [0.15, 0.2) is 17.5 Å². The lowest BCUT2D eigenvalue weighted by molar-refractivity contribution is 0.0592. The second-order valence-electron chi connectivity index (χ2n) is 5.37. The molecular weight excluding hydrogens is 314 g/mol. The molecule has 7 nitrogen and oxygen atoms in total. The van der Waals surface area contributed by atoms with Crippen molar-refractivity contribution >= 4 is 28.3 Å². The number of anilines is 2. The van der Waals surface area contributed by atoms with Gasteiger partial charge in [-0.15, -0.1) is 21.5 Å². The molecule has 0 saturated carbocycles. The summed E-state index contributed by atoms with van der Waals surface area (Å²) < 4.78 is 4.64. The van der Waals surface area contributed by atoms with Gasteiger partial charge < -0.3 is 14.5 Å². The van der Waals surface area contributed by atoms with Crippen LogP contribution in [0, 0.1) is 6.92 Å². The predicted molar refractivity (Wildman–Crippen MR) is 89.3 cm³/mol. The Morgan fingerprint density at radius 3 is 2.61 bits per heavy atom. The highest BCUT2D eigenvalue weighted by Gasteiger charge is 2.19. The quantitative estimate of drug-likeness (QED) is 0.792. The lowest BCUT2D eigenvalue weighted by Crippen LogP contribution is -2.31. The Labute approximate surface area is 138 Å². The van der Waals surface area contributed by atoms with E-state index in [1.54, 1.807) is 17.4 Å². The molecule has 122 valence electrons. The van der Waals surface area contributed by atoms with Gasteiger partial charge in [-0.25, -0.2) is 9.78 Å². The smallest absolute Gasteiger partial charge is 0.358 e. The van der Waals surface area contributed by atoms with Crippen LogP contribution >= 0.6 is 11.3 Å². The zero-order chi connectivity index (χ0) is 16.2. The van der Waals surface area contributed by atoms with E-state index in [0.29, 0.717) is 0 Å². The average Bonchev–Trinajstić information content (AvgIpc) is 2.86. The van der Waals surface area contributed by atoms with Crippen molar-refractivity contribution in [3.8, 4) is 0 Å². The summed E-state index contributed by atoms with van der Waals surface area (Å²) >= 11 is 1.69. The second kappa shape index (κ2) is 6.91. The predicted octanol–water partition coefficient (Wildman–Crippen LogP) is 1.74. The highest BCUT2D eigenvalue weighted by molar-refractivity contribution is 7.13. The third kappa shape index (κ3) is 3.58. The Kier molecular flexibility index (Phi) is 4.71. The minimum atomic E-state index is -0.467. The van der Waals surface area contributed by atoms with Crippen molar-refractivity contribution in [1.82, 2.24) is 15.2 Å². The number of ether oxygens (including phenoxy) is 1. The maximum absolute atomic E-state index is 11.4. The molecule has 0 aliphatic carbocycles. The molecular formula is C15H19N5O2S. The average molecular weight is 333 g/mol. The number of esters is 1. The van der Waals surface area contributed by atoms with E-state index in [0.717, 1.165) is 49.2 Å². The molecule has 23 heavy (non-hydrogen) atoms. The Bertz CT molecular complexity index is 673. The van der Waals surface area contributed by atoms with Gasteiger partial charge in [-0.1, -0.05) is 0 Å². The van der Waals surface area contributed by atoms with Gasteiger partial charge in [0.05, 0.1) is 12.8 Å². The third-order valence-corrected chi connectivity index (χ3v) is 4.76. The van der Waals surface area contributed by atoms with Crippen LogP contribution in [-0.2, 0) is 4.74 Å². The van der Waals surface area contributed by atoms with Crippen molar-refractivity contribution in [3.05, 3.63) is 28.9 Å². The van der Waals surface area contributed by atoms with E-state index in [1.807, 2.05) is 13.0 Å². The van der Waals surface area contributed by atoms with Gasteiger partial charge in [0, 0.05) is 31.6 Å². The molecule has 0 N–H and O–H groups in total. The largest absolute Gasteiger partial charge is 0.464 e. The normalized spacial score (nSPS) is 15.4. The van der Waals surface area contributed by atoms with Crippen molar-refractivity contribution in [2.45, 2.75) is 13.3 Å². The van der Waals surface area contributed by atoms with Crippen LogP contribution in [0.2, 0.25) is 0 Å². The number of carbonyl (C=O) groups excluding carboxylic acids is 1. The number of thiazole rings is 1. The fraction of sp³-hybridized carbons (Fsp3) is 0.467. The SMILES string of the molecule is COC(=O)c1ccc(N2CCCN(c3nc(C)cs3)CC2)nn1. The summed E-state index contributed by atoms with van der Waals surface area (Å²) in [6.45, 7) is 5.66. The maximum atomic E-state index is 11.4. The fourth-order valence-corrected chi connectivity index (χ4v) is 3.39. The summed E-state index contributed by atoms with van der Waals surface area (Å²) in [7, 11) is 1.33. The first-order valence-corrected chi connectivity index (χ1v) is 8.39. The molecule has 8 heteroatoms. The van der Waals surface area contributed by atoms with Gasteiger partial charge in [-0.2, -0.15) is 0 Å². The van der Waals surface area contributed by atoms with E-state index in [9.17, 15) is 4.79 Å². The monoisotopic (exact) mass is 333 g/mol. The Balaban J connectivity index is 1.67. The minimum Gasteiger partial charge on any atom is -0.464 e. The van der Waals surface area contributed by atoms with E-state index >= 15 is 0 Å². The summed E-state index contributed by atoms with van der Waals surface area (Å²) in [5, 5.41) is 11.3. The molecule has 0 radical (unpaired) electrons. The molecule has 2 aromatic rings. The van der Waals surface area contributed by atoms with Gasteiger partial charge in [0.2, 0.25) is 0 Å². The number of hydrogen-bond donors (Lipinski definition) is 0. The standard InChI is InChI=1S/C15H19N5O2S/c1-11-10-23-15(16-11)20-7-3-6-19(8-9-20)13-5-4-12(17-18-13)14(21)22-2/h4-5,10H,3,6-9H2,1-2H3. The number of nitrogens with zero attached hydrogens (tertiary/aromatic N) is 5. The van der Waals surface area contributed by atoms with Crippen LogP contribution in [0.25, 0.3) is 0 Å². The molecule has 0 unspecified atom stereocenters. The zero-order valence-electron chi connectivity index (χ0n) is 13.2. The van der Waals surface area contributed by atoms with Crippen molar-refractivity contribution in [3.63, 3.8) is 0 Å². The molecule has 0 atom stereocenters. The van der Waals surface area contributed by atoms with E-state index in [1.165, 1.54) is 7.11 Å². The fourth-order valence-electron chi connectivity index (χ4n) is 2.53. The molecule has 0 amide bonds. The van der Waals surface area contributed by atoms with Crippen LogP contribution in [0.1, 0.15) is 22.6 Å². The van der Waals surface area contributed by atoms with E-state index < -0.39 is 5.97 Å². The first kappa shape index (κ1) is 15.7. The Hall–Kier alpha value is -2.22. The summed E-state index contributed by atoms with van der Waals surface area (Å²) in [4.78, 5) is 20.5. The molecule has 3 rings (SSSR count). The van der Waals surface area contributed by atoms with Crippen LogP contribution in [-0.4, -0.2) is 54.4 Å². The molecule has 1 aliphatic heterocycles. The molecule has 3 heterocycles. The zero-order valence-corrected chi connectivity index (χ0v) is 14.0. The van der Waals surface area contributed by atoms with Crippen molar-refractivity contribution in [1.29, 1.82) is 0 Å². The van der Waals surface area contributed by atoms with Crippen molar-refractivity contribution in [2.24, 2.45) is 0 Å². The van der Waals surface area contributed by atoms with Gasteiger partial charge in [-0.05, 0) is 25.5 Å². The molecule has 1 fully saturated rings. The lowest BCUT2D eigenvalue weighted by Gasteiger charge is -2.22. The minimum absolute atomic E-state index is 0.228. The number of aryl methyl sites for hydroxylation is 1. The number of methoxy groups -OCH3 is 1. The number of rotatable bonds is 3. The maximum Gasteiger partial charge on any atom is 0.358 e. The van der Waals surface area contributed by atoms with Gasteiger partial charge in [-0.3, -0.25) is 0 Å². The summed E-state index contributed by atoms with van der Waals surface area (Å²) in [6.07, 6.45) is 1.03. The van der Waals surface area contributed by atoms with Gasteiger partial charge in [0.1, 0.15) is 0 Å². The van der Waals surface area contributed by atoms with Crippen LogP contribution < -0.4 is 9.80 Å². The van der Waals surface area contributed by atoms with Crippen LogP contribution in [0.5, 0.6) is 0 Å². The van der Waals surface area contributed by atoms with E-state index in [2.05, 4.69) is 35.1 Å². The number of aromatic nitrogens is 3. The van der Waals surface area contributed by atoms with Crippen LogP contribution in [0.3, 0.4) is 0 Å². The topological polar surface area (TPSA) is 71.5 Å². The highest BCUT2D eigenvalue weighted by Crippen LogP contribution is 2.22. The van der Waals surface area contributed by atoms with E-state index in [-0.39, 0.29) is 5.69 Å². The molecule has 2 aromatic heterocycles. The molecule has 1 saturated heterocycles. The van der Waals surface area contributed by atoms with Crippen molar-refractivity contribution < 1.29 is 9.53 Å². The third-order valence-electron chi connectivity index (χ3n) is 3.74. The second-order valence-corrected chi connectivity index (χ2v) is 6.20. The lowest BCUT2D eigenvalue weighted by atomic mass is 10.3. The molecule has 0 bridgehead atoms. The van der Waals surface area contributed by atoms with Gasteiger partial charge in [0.25, 0.3) is 0 Å².